The summed E-state index contributed by atoms with van der Waals surface area (Å²) in [5, 5.41) is 22.7. The van der Waals surface area contributed by atoms with E-state index in [0.717, 1.165) is 0 Å². The maximum Gasteiger partial charge on any atom is 0.255 e. The standard InChI is InChI=1S/C19H22N2O4/c1-5-8-9-13(6-2)16(15(12(4)22)18(24)20-7-3)17-14(23)10-11-21-19(17)25/h5-11,16,22H,1,3H2,2,4H3,(H,20,24)(H2,21,23,25)/b9-8-,13-6+,15-12+. The van der Waals surface area contributed by atoms with Crippen molar-refractivity contribution < 1.29 is 15.0 Å². The molecular weight excluding hydrogens is 320 g/mol. The molecule has 0 aliphatic rings. The van der Waals surface area contributed by atoms with Crippen LogP contribution in [0.4, 0.5) is 0 Å². The number of rotatable bonds is 7. The minimum Gasteiger partial charge on any atom is -0.512 e. The molecule has 25 heavy (non-hydrogen) atoms. The van der Waals surface area contributed by atoms with Gasteiger partial charge in [0.2, 0.25) is 0 Å². The number of aliphatic hydroxyl groups excluding tert-OH is 1. The predicted molar refractivity (Wildman–Crippen MR) is 98.2 cm³/mol. The Morgan fingerprint density at radius 3 is 2.56 bits per heavy atom. The van der Waals surface area contributed by atoms with Crippen LogP contribution < -0.4 is 10.9 Å². The van der Waals surface area contributed by atoms with Gasteiger partial charge in [0.15, 0.2) is 0 Å². The number of carbonyl (C=O) groups excluding carboxylic acids is 1. The zero-order valence-corrected chi connectivity index (χ0v) is 14.2. The second-order valence-corrected chi connectivity index (χ2v) is 5.10. The summed E-state index contributed by atoms with van der Waals surface area (Å²) in [6.07, 6.45) is 8.97. The molecule has 4 N–H and O–H groups in total. The van der Waals surface area contributed by atoms with Crippen molar-refractivity contribution in [2.24, 2.45) is 0 Å². The van der Waals surface area contributed by atoms with Crippen molar-refractivity contribution in [3.63, 3.8) is 0 Å². The highest BCUT2D eigenvalue weighted by Crippen LogP contribution is 2.36. The van der Waals surface area contributed by atoms with E-state index in [1.54, 1.807) is 25.2 Å². The summed E-state index contributed by atoms with van der Waals surface area (Å²) in [4.78, 5) is 27.3. The zero-order chi connectivity index (χ0) is 19.0. The Morgan fingerprint density at radius 1 is 1.40 bits per heavy atom. The van der Waals surface area contributed by atoms with Gasteiger partial charge in [-0.3, -0.25) is 9.59 Å². The molecule has 1 aromatic heterocycles. The Kier molecular flexibility index (Phi) is 7.21. The van der Waals surface area contributed by atoms with Crippen LogP contribution in [0, 0.1) is 0 Å². The van der Waals surface area contributed by atoms with Crippen molar-refractivity contribution in [2.45, 2.75) is 19.8 Å². The molecule has 0 aliphatic carbocycles. The number of aromatic hydroxyl groups is 1. The maximum atomic E-state index is 12.5. The van der Waals surface area contributed by atoms with Crippen molar-refractivity contribution >= 4 is 5.91 Å². The molecule has 0 bridgehead atoms. The summed E-state index contributed by atoms with van der Waals surface area (Å²) in [5.41, 5.74) is -0.170. The predicted octanol–water partition coefficient (Wildman–Crippen LogP) is 2.94. The Morgan fingerprint density at radius 2 is 2.08 bits per heavy atom. The van der Waals surface area contributed by atoms with E-state index < -0.39 is 17.4 Å². The first kappa shape index (κ1) is 19.8. The van der Waals surface area contributed by atoms with E-state index >= 15 is 0 Å². The Balaban J connectivity index is 3.80. The maximum absolute atomic E-state index is 12.5. The minimum atomic E-state index is -0.990. The van der Waals surface area contributed by atoms with Crippen LogP contribution in [0.1, 0.15) is 25.3 Å². The molecule has 0 spiro atoms. The van der Waals surface area contributed by atoms with Crippen LogP contribution in [0.15, 0.2) is 77.6 Å². The lowest BCUT2D eigenvalue weighted by Gasteiger charge is -2.22. The Labute approximate surface area is 146 Å². The molecule has 0 saturated carbocycles. The molecule has 1 atom stereocenters. The fraction of sp³-hybridized carbons (Fsp3) is 0.158. The van der Waals surface area contributed by atoms with Crippen molar-refractivity contribution in [3.05, 3.63) is 88.7 Å². The lowest BCUT2D eigenvalue weighted by Crippen LogP contribution is -2.28. The second-order valence-electron chi connectivity index (χ2n) is 5.10. The number of carbonyl (C=O) groups is 1. The number of pyridine rings is 1. The van der Waals surface area contributed by atoms with Crippen molar-refractivity contribution in [1.29, 1.82) is 0 Å². The van der Waals surface area contributed by atoms with Gasteiger partial charge in [0.05, 0.1) is 22.8 Å². The van der Waals surface area contributed by atoms with E-state index in [-0.39, 0.29) is 22.6 Å². The first-order valence-corrected chi connectivity index (χ1v) is 7.56. The summed E-state index contributed by atoms with van der Waals surface area (Å²) in [6.45, 7) is 10.1. The van der Waals surface area contributed by atoms with Gasteiger partial charge in [-0.15, -0.1) is 0 Å². The van der Waals surface area contributed by atoms with Crippen LogP contribution >= 0.6 is 0 Å². The third-order valence-corrected chi connectivity index (χ3v) is 3.51. The fourth-order valence-corrected chi connectivity index (χ4v) is 2.45. The van der Waals surface area contributed by atoms with Gasteiger partial charge in [-0.25, -0.2) is 0 Å². The van der Waals surface area contributed by atoms with Crippen molar-refractivity contribution in [3.8, 4) is 5.75 Å². The molecule has 6 nitrogen and oxygen atoms in total. The second kappa shape index (κ2) is 9.12. The molecule has 0 fully saturated rings. The van der Waals surface area contributed by atoms with Crippen LogP contribution in [0.2, 0.25) is 0 Å². The molecule has 1 unspecified atom stereocenters. The third-order valence-electron chi connectivity index (χ3n) is 3.51. The van der Waals surface area contributed by atoms with E-state index in [4.69, 9.17) is 0 Å². The summed E-state index contributed by atoms with van der Waals surface area (Å²) < 4.78 is 0. The highest BCUT2D eigenvalue weighted by Gasteiger charge is 2.31. The number of aromatic amines is 1. The number of amides is 1. The van der Waals surface area contributed by atoms with Gasteiger partial charge < -0.3 is 20.5 Å². The van der Waals surface area contributed by atoms with Crippen molar-refractivity contribution in [2.75, 3.05) is 0 Å². The van der Waals surface area contributed by atoms with Gasteiger partial charge in [0, 0.05) is 6.20 Å². The number of H-pyrrole nitrogens is 1. The molecule has 1 rings (SSSR count). The molecular formula is C19H22N2O4. The number of hydrogen-bond donors (Lipinski definition) is 4. The smallest absolute Gasteiger partial charge is 0.255 e. The molecule has 1 heterocycles. The highest BCUT2D eigenvalue weighted by molar-refractivity contribution is 5.97. The van der Waals surface area contributed by atoms with Crippen LogP contribution in [0.3, 0.4) is 0 Å². The van der Waals surface area contributed by atoms with Gasteiger partial charge in [0.1, 0.15) is 5.75 Å². The molecule has 6 heteroatoms. The van der Waals surface area contributed by atoms with Gasteiger partial charge >= 0.3 is 0 Å². The Hall–Kier alpha value is -3.28. The van der Waals surface area contributed by atoms with Crippen LogP contribution in [0.25, 0.3) is 0 Å². The SMILES string of the molecule is C=C/C=C\C(=C/C)C(/C(C(=O)NC=C)=C(/C)O)c1c(O)cc[nH]c1=O. The van der Waals surface area contributed by atoms with E-state index in [1.807, 2.05) is 0 Å². The quantitative estimate of drug-likeness (QED) is 0.347. The number of hydrogen-bond acceptors (Lipinski definition) is 4. The lowest BCUT2D eigenvalue weighted by molar-refractivity contribution is -0.117. The van der Waals surface area contributed by atoms with Crippen LogP contribution in [0.5, 0.6) is 5.75 Å². The first-order valence-electron chi connectivity index (χ1n) is 7.56. The molecule has 0 aliphatic heterocycles. The van der Waals surface area contributed by atoms with Gasteiger partial charge in [-0.1, -0.05) is 37.5 Å². The average Bonchev–Trinajstić information content (AvgIpc) is 2.55. The number of aliphatic hydroxyl groups is 1. The highest BCUT2D eigenvalue weighted by atomic mass is 16.3. The van der Waals surface area contributed by atoms with Gasteiger partial charge in [-0.05, 0) is 31.7 Å². The molecule has 0 saturated heterocycles. The topological polar surface area (TPSA) is 102 Å². The largest absolute Gasteiger partial charge is 0.512 e. The molecule has 0 radical (unpaired) electrons. The first-order chi connectivity index (χ1) is 11.9. The summed E-state index contributed by atoms with van der Waals surface area (Å²) >= 11 is 0. The summed E-state index contributed by atoms with van der Waals surface area (Å²) in [5.74, 6) is -2.19. The van der Waals surface area contributed by atoms with Crippen LogP contribution in [-0.4, -0.2) is 21.1 Å². The average molecular weight is 342 g/mol. The van der Waals surface area contributed by atoms with E-state index in [0.29, 0.717) is 5.57 Å². The summed E-state index contributed by atoms with van der Waals surface area (Å²) in [7, 11) is 0. The molecule has 132 valence electrons. The van der Waals surface area contributed by atoms with Crippen molar-refractivity contribution in [1.82, 2.24) is 10.3 Å². The number of nitrogens with one attached hydrogen (secondary N) is 2. The normalized spacial score (nSPS) is 13.9. The van der Waals surface area contributed by atoms with E-state index in [9.17, 15) is 19.8 Å². The molecule has 0 aromatic carbocycles. The van der Waals surface area contributed by atoms with E-state index in [2.05, 4.69) is 23.5 Å². The fourth-order valence-electron chi connectivity index (χ4n) is 2.45. The third kappa shape index (κ3) is 4.60. The Bertz CT molecular complexity index is 809. The van der Waals surface area contributed by atoms with Gasteiger partial charge in [0.25, 0.3) is 11.5 Å². The summed E-state index contributed by atoms with van der Waals surface area (Å²) in [6, 6.07) is 1.31. The molecule has 1 amide bonds. The minimum absolute atomic E-state index is 0.0491. The molecule has 1 aromatic rings. The van der Waals surface area contributed by atoms with Crippen LogP contribution in [-0.2, 0) is 4.79 Å². The number of allylic oxidation sites excluding steroid dienone is 6. The number of aromatic nitrogens is 1. The zero-order valence-electron chi connectivity index (χ0n) is 14.2. The lowest BCUT2D eigenvalue weighted by atomic mass is 9.83. The van der Waals surface area contributed by atoms with E-state index in [1.165, 1.54) is 31.5 Å². The van der Waals surface area contributed by atoms with Gasteiger partial charge in [-0.2, -0.15) is 0 Å². The monoisotopic (exact) mass is 342 g/mol.